The van der Waals surface area contributed by atoms with Crippen LogP contribution in [0.4, 0.5) is 0 Å². The zero-order valence-corrected chi connectivity index (χ0v) is 15.1. The maximum atomic E-state index is 12.4. The molecule has 0 aliphatic carbocycles. The zero-order chi connectivity index (χ0) is 16.2. The predicted octanol–water partition coefficient (Wildman–Crippen LogP) is 4.33. The SMILES string of the molecule is CCC(NS(=O)(=O)Cc1ccc(Br)cc1)c1ccc(C)cc1. The van der Waals surface area contributed by atoms with E-state index in [0.717, 1.165) is 21.2 Å². The van der Waals surface area contributed by atoms with Gasteiger partial charge in [0.25, 0.3) is 0 Å². The van der Waals surface area contributed by atoms with Crippen LogP contribution in [-0.2, 0) is 15.8 Å². The molecule has 2 aromatic carbocycles. The van der Waals surface area contributed by atoms with Crippen LogP contribution in [0.3, 0.4) is 0 Å². The molecular formula is C17H20BrNO2S. The average molecular weight is 382 g/mol. The summed E-state index contributed by atoms with van der Waals surface area (Å²) in [6.45, 7) is 4.00. The first-order valence-electron chi connectivity index (χ1n) is 7.20. The van der Waals surface area contributed by atoms with Crippen LogP contribution in [0.5, 0.6) is 0 Å². The zero-order valence-electron chi connectivity index (χ0n) is 12.7. The van der Waals surface area contributed by atoms with Crippen LogP contribution in [0.1, 0.15) is 36.1 Å². The van der Waals surface area contributed by atoms with Gasteiger partial charge < -0.3 is 0 Å². The Labute approximate surface area is 140 Å². The van der Waals surface area contributed by atoms with E-state index >= 15 is 0 Å². The van der Waals surface area contributed by atoms with Crippen molar-refractivity contribution in [3.05, 3.63) is 69.7 Å². The van der Waals surface area contributed by atoms with Gasteiger partial charge in [-0.15, -0.1) is 0 Å². The van der Waals surface area contributed by atoms with Crippen molar-refractivity contribution in [2.24, 2.45) is 0 Å². The van der Waals surface area contributed by atoms with E-state index < -0.39 is 10.0 Å². The quantitative estimate of drug-likeness (QED) is 0.809. The molecule has 0 spiro atoms. The van der Waals surface area contributed by atoms with Gasteiger partial charge in [-0.25, -0.2) is 13.1 Å². The first-order valence-corrected chi connectivity index (χ1v) is 9.65. The van der Waals surface area contributed by atoms with Crippen molar-refractivity contribution in [1.29, 1.82) is 0 Å². The molecule has 0 aromatic heterocycles. The van der Waals surface area contributed by atoms with Gasteiger partial charge in [0.05, 0.1) is 5.75 Å². The van der Waals surface area contributed by atoms with Crippen molar-refractivity contribution >= 4 is 26.0 Å². The minimum absolute atomic E-state index is 0.0113. The van der Waals surface area contributed by atoms with E-state index in [-0.39, 0.29) is 11.8 Å². The number of halogens is 1. The Hall–Kier alpha value is -1.17. The first-order chi connectivity index (χ1) is 10.4. The van der Waals surface area contributed by atoms with Gasteiger partial charge in [-0.1, -0.05) is 64.8 Å². The van der Waals surface area contributed by atoms with E-state index in [0.29, 0.717) is 6.42 Å². The molecule has 0 aliphatic heterocycles. The fraction of sp³-hybridized carbons (Fsp3) is 0.294. The monoisotopic (exact) mass is 381 g/mol. The van der Waals surface area contributed by atoms with E-state index in [1.807, 2.05) is 62.4 Å². The van der Waals surface area contributed by atoms with E-state index in [1.165, 1.54) is 0 Å². The topological polar surface area (TPSA) is 46.2 Å². The van der Waals surface area contributed by atoms with Crippen molar-refractivity contribution in [3.8, 4) is 0 Å². The van der Waals surface area contributed by atoms with Crippen molar-refractivity contribution < 1.29 is 8.42 Å². The highest BCUT2D eigenvalue weighted by atomic mass is 79.9. The Kier molecular flexibility index (Phi) is 5.78. The molecule has 22 heavy (non-hydrogen) atoms. The highest BCUT2D eigenvalue weighted by Gasteiger charge is 2.18. The molecule has 118 valence electrons. The molecule has 3 nitrogen and oxygen atoms in total. The average Bonchev–Trinajstić information content (AvgIpc) is 2.48. The molecular weight excluding hydrogens is 362 g/mol. The number of nitrogens with one attached hydrogen (secondary N) is 1. The van der Waals surface area contributed by atoms with Gasteiger partial charge in [0.2, 0.25) is 10.0 Å². The second-order valence-corrected chi connectivity index (χ2v) is 8.04. The molecule has 0 aliphatic rings. The Morgan fingerprint density at radius 2 is 1.64 bits per heavy atom. The third-order valence-corrected chi connectivity index (χ3v) is 5.37. The minimum Gasteiger partial charge on any atom is -0.212 e. The lowest BCUT2D eigenvalue weighted by Crippen LogP contribution is -2.29. The molecule has 0 saturated heterocycles. The Balaban J connectivity index is 2.11. The maximum absolute atomic E-state index is 12.4. The maximum Gasteiger partial charge on any atom is 0.216 e. The lowest BCUT2D eigenvalue weighted by atomic mass is 10.0. The summed E-state index contributed by atoms with van der Waals surface area (Å²) in [7, 11) is -3.38. The summed E-state index contributed by atoms with van der Waals surface area (Å²) in [5.74, 6) is -0.0113. The van der Waals surface area contributed by atoms with Crippen molar-refractivity contribution in [2.75, 3.05) is 0 Å². The highest BCUT2D eigenvalue weighted by Crippen LogP contribution is 2.20. The summed E-state index contributed by atoms with van der Waals surface area (Å²) in [5.41, 5.74) is 2.93. The van der Waals surface area contributed by atoms with Gasteiger partial charge in [-0.3, -0.25) is 0 Å². The minimum atomic E-state index is -3.38. The summed E-state index contributed by atoms with van der Waals surface area (Å²) in [5, 5.41) is 0. The van der Waals surface area contributed by atoms with Gasteiger partial charge in [-0.2, -0.15) is 0 Å². The van der Waals surface area contributed by atoms with Crippen molar-refractivity contribution in [3.63, 3.8) is 0 Å². The summed E-state index contributed by atoms with van der Waals surface area (Å²) < 4.78 is 28.5. The number of rotatable bonds is 6. The summed E-state index contributed by atoms with van der Waals surface area (Å²) in [4.78, 5) is 0. The summed E-state index contributed by atoms with van der Waals surface area (Å²) in [6.07, 6.45) is 0.711. The van der Waals surface area contributed by atoms with E-state index in [2.05, 4.69) is 20.7 Å². The van der Waals surface area contributed by atoms with Crippen molar-refractivity contribution in [2.45, 2.75) is 32.1 Å². The number of benzene rings is 2. The molecule has 5 heteroatoms. The molecule has 0 radical (unpaired) electrons. The van der Waals surface area contributed by atoms with Crippen LogP contribution in [0.2, 0.25) is 0 Å². The predicted molar refractivity (Wildman–Crippen MR) is 94.1 cm³/mol. The third-order valence-electron chi connectivity index (χ3n) is 3.48. The van der Waals surface area contributed by atoms with Crippen LogP contribution in [0.25, 0.3) is 0 Å². The molecule has 0 fully saturated rings. The summed E-state index contributed by atoms with van der Waals surface area (Å²) >= 11 is 3.35. The first kappa shape index (κ1) is 17.2. The summed E-state index contributed by atoms with van der Waals surface area (Å²) in [6, 6.07) is 15.1. The smallest absolute Gasteiger partial charge is 0.212 e. The normalized spacial score (nSPS) is 13.0. The Morgan fingerprint density at radius 3 is 2.18 bits per heavy atom. The lowest BCUT2D eigenvalue weighted by molar-refractivity contribution is 0.549. The lowest BCUT2D eigenvalue weighted by Gasteiger charge is -2.18. The van der Waals surface area contributed by atoms with Crippen molar-refractivity contribution in [1.82, 2.24) is 4.72 Å². The molecule has 1 atom stereocenters. The molecule has 0 heterocycles. The van der Waals surface area contributed by atoms with Gasteiger partial charge >= 0.3 is 0 Å². The van der Waals surface area contributed by atoms with Crippen LogP contribution in [0, 0.1) is 6.92 Å². The standard InChI is InChI=1S/C17H20BrNO2S/c1-3-17(15-8-4-13(2)5-9-15)19-22(20,21)12-14-6-10-16(18)11-7-14/h4-11,17,19H,3,12H2,1-2H3. The van der Waals surface area contributed by atoms with Crippen LogP contribution in [-0.4, -0.2) is 8.42 Å². The Bertz CT molecular complexity index is 709. The van der Waals surface area contributed by atoms with E-state index in [1.54, 1.807) is 0 Å². The van der Waals surface area contributed by atoms with Gasteiger partial charge in [0.1, 0.15) is 0 Å². The van der Waals surface area contributed by atoms with Gasteiger partial charge in [0.15, 0.2) is 0 Å². The molecule has 1 N–H and O–H groups in total. The largest absolute Gasteiger partial charge is 0.216 e. The fourth-order valence-electron chi connectivity index (χ4n) is 2.24. The molecule has 2 rings (SSSR count). The third kappa shape index (κ3) is 4.93. The second kappa shape index (κ2) is 7.40. The highest BCUT2D eigenvalue weighted by molar-refractivity contribution is 9.10. The van der Waals surface area contributed by atoms with Crippen LogP contribution >= 0.6 is 15.9 Å². The number of hydrogen-bond acceptors (Lipinski definition) is 2. The molecule has 0 saturated carbocycles. The van der Waals surface area contributed by atoms with Crippen LogP contribution in [0.15, 0.2) is 53.0 Å². The second-order valence-electron chi connectivity index (χ2n) is 5.37. The molecule has 2 aromatic rings. The number of hydrogen-bond donors (Lipinski definition) is 1. The molecule has 0 bridgehead atoms. The number of aryl methyl sites for hydroxylation is 1. The van der Waals surface area contributed by atoms with E-state index in [4.69, 9.17) is 0 Å². The fourth-order valence-corrected chi connectivity index (χ4v) is 3.96. The van der Waals surface area contributed by atoms with Crippen LogP contribution < -0.4 is 4.72 Å². The molecule has 0 amide bonds. The van der Waals surface area contributed by atoms with Gasteiger partial charge in [-0.05, 0) is 36.6 Å². The Morgan fingerprint density at radius 1 is 1.05 bits per heavy atom. The molecule has 1 unspecified atom stereocenters. The number of sulfonamides is 1. The van der Waals surface area contributed by atoms with E-state index in [9.17, 15) is 8.42 Å². The van der Waals surface area contributed by atoms with Gasteiger partial charge in [0, 0.05) is 10.5 Å².